The van der Waals surface area contributed by atoms with E-state index in [0.717, 1.165) is 51.6 Å². The van der Waals surface area contributed by atoms with Gasteiger partial charge in [0, 0.05) is 32.8 Å². The molecule has 2 atom stereocenters. The Hall–Kier alpha value is -0.0100. The fourth-order valence-corrected chi connectivity index (χ4v) is 6.30. The van der Waals surface area contributed by atoms with Crippen LogP contribution in [0.25, 0.3) is 0 Å². The van der Waals surface area contributed by atoms with E-state index in [9.17, 15) is 14.4 Å². The number of ether oxygens (including phenoxy) is 2. The number of hydrogen-bond donors (Lipinski definition) is 2. The van der Waals surface area contributed by atoms with Crippen LogP contribution in [0.1, 0.15) is 135 Å². The molecule has 1 aliphatic carbocycles. The van der Waals surface area contributed by atoms with E-state index in [1.54, 1.807) is 0 Å². The first-order valence-electron chi connectivity index (χ1n) is 16.8. The summed E-state index contributed by atoms with van der Waals surface area (Å²) in [5, 5.41) is 0. The van der Waals surface area contributed by atoms with E-state index < -0.39 is 7.82 Å². The Balaban J connectivity index is 2.19. The van der Waals surface area contributed by atoms with Gasteiger partial charge in [-0.3, -0.25) is 4.52 Å². The lowest BCUT2D eigenvalue weighted by Gasteiger charge is -2.37. The molecule has 7 nitrogen and oxygen atoms in total. The van der Waals surface area contributed by atoms with Crippen LogP contribution in [0, 0.1) is 11.8 Å². The van der Waals surface area contributed by atoms with Crippen molar-refractivity contribution in [2.75, 3.05) is 54.2 Å². The van der Waals surface area contributed by atoms with Gasteiger partial charge in [-0.1, -0.05) is 103 Å². The summed E-state index contributed by atoms with van der Waals surface area (Å²) in [7, 11) is 1.76. The minimum Gasteiger partial charge on any atom is -0.381 e. The molecule has 1 aliphatic rings. The molecular weight excluding hydrogens is 525 g/mol. The third-order valence-electron chi connectivity index (χ3n) is 8.60. The summed E-state index contributed by atoms with van der Waals surface area (Å²) in [4.78, 5) is 18.5. The molecule has 0 aliphatic heterocycles. The second-order valence-corrected chi connectivity index (χ2v) is 14.6. The lowest BCUT2D eigenvalue weighted by atomic mass is 9.81. The fourth-order valence-electron chi connectivity index (χ4n) is 5.93. The van der Waals surface area contributed by atoms with Gasteiger partial charge in [0.2, 0.25) is 0 Å². The zero-order valence-electron chi connectivity index (χ0n) is 26.8. The quantitative estimate of drug-likeness (QED) is 0.0567. The van der Waals surface area contributed by atoms with Crippen molar-refractivity contribution in [3.05, 3.63) is 0 Å². The Kier molecular flexibility index (Phi) is 22.3. The van der Waals surface area contributed by atoms with E-state index in [4.69, 9.17) is 14.0 Å². The van der Waals surface area contributed by atoms with E-state index in [-0.39, 0.29) is 12.6 Å². The smallest absolute Gasteiger partial charge is 0.381 e. The molecule has 8 heteroatoms. The maximum absolute atomic E-state index is 11.4. The number of phosphoric acid groups is 1. The maximum atomic E-state index is 11.4. The van der Waals surface area contributed by atoms with Crippen LogP contribution < -0.4 is 0 Å². The molecule has 0 saturated heterocycles. The van der Waals surface area contributed by atoms with E-state index in [1.165, 1.54) is 109 Å². The zero-order chi connectivity index (χ0) is 29.5. The molecule has 0 radical (unpaired) electrons. The Morgan fingerprint density at radius 3 is 1.73 bits per heavy atom. The largest absolute Gasteiger partial charge is 0.469 e. The molecule has 0 aromatic rings. The van der Waals surface area contributed by atoms with E-state index in [2.05, 4.69) is 28.1 Å². The predicted octanol–water partition coefficient (Wildman–Crippen LogP) is 8.27. The number of likely N-dealkylation sites (N-methyl/N-ethyl adjacent to an activating group) is 1. The van der Waals surface area contributed by atoms with Gasteiger partial charge >= 0.3 is 7.82 Å². The fraction of sp³-hybridized carbons (Fsp3) is 1.00. The monoisotopic (exact) mass is 592 g/mol. The molecule has 1 rings (SSSR count). The summed E-state index contributed by atoms with van der Waals surface area (Å²) < 4.78 is 28.9. The van der Waals surface area contributed by atoms with Crippen molar-refractivity contribution in [3.63, 3.8) is 0 Å². The van der Waals surface area contributed by atoms with Gasteiger partial charge in [0.25, 0.3) is 0 Å². The van der Waals surface area contributed by atoms with Crippen molar-refractivity contribution in [2.45, 2.75) is 141 Å². The van der Waals surface area contributed by atoms with E-state index in [0.29, 0.717) is 10.4 Å². The summed E-state index contributed by atoms with van der Waals surface area (Å²) in [5.74, 6) is 1.14. The molecule has 0 aromatic carbocycles. The zero-order valence-corrected chi connectivity index (χ0v) is 27.7. The number of rotatable bonds is 27. The molecular formula is C32H67NO6P+. The van der Waals surface area contributed by atoms with Gasteiger partial charge < -0.3 is 23.7 Å². The van der Waals surface area contributed by atoms with E-state index in [1.807, 2.05) is 0 Å². The van der Waals surface area contributed by atoms with Crippen molar-refractivity contribution >= 4 is 7.82 Å². The Bertz CT molecular complexity index is 617. The number of nitrogens with zero attached hydrogens (tertiary/aromatic N) is 1. The van der Waals surface area contributed by atoms with Gasteiger partial charge in [-0.2, -0.15) is 0 Å². The highest BCUT2D eigenvalue weighted by Crippen LogP contribution is 2.37. The van der Waals surface area contributed by atoms with Crippen LogP contribution >= 0.6 is 7.82 Å². The third-order valence-corrected chi connectivity index (χ3v) is 9.09. The van der Waals surface area contributed by atoms with Crippen LogP contribution in [0.15, 0.2) is 0 Å². The Labute approximate surface area is 247 Å². The molecule has 0 aromatic heterocycles. The summed E-state index contributed by atoms with van der Waals surface area (Å²) in [5.41, 5.74) is 0. The van der Waals surface area contributed by atoms with Crippen LogP contribution in [-0.2, 0) is 18.6 Å². The van der Waals surface area contributed by atoms with Crippen molar-refractivity contribution in [2.24, 2.45) is 11.8 Å². The molecule has 40 heavy (non-hydrogen) atoms. The molecule has 0 amide bonds. The summed E-state index contributed by atoms with van der Waals surface area (Å²) in [6.45, 7) is 5.71. The Morgan fingerprint density at radius 2 is 1.23 bits per heavy atom. The van der Waals surface area contributed by atoms with Crippen molar-refractivity contribution in [3.8, 4) is 0 Å². The summed E-state index contributed by atoms with van der Waals surface area (Å²) >= 11 is 0. The van der Waals surface area contributed by atoms with Gasteiger partial charge in [0.15, 0.2) is 0 Å². The molecule has 1 saturated carbocycles. The lowest BCUT2D eigenvalue weighted by Crippen LogP contribution is -2.49. The molecule has 1 fully saturated rings. The van der Waals surface area contributed by atoms with Gasteiger partial charge in [0.05, 0.1) is 21.1 Å². The topological polar surface area (TPSA) is 85.2 Å². The SMILES string of the molecule is CCCCCCCCCOCCCCCCCCOCC(CC1CCCCC1)CC(COP(=O)(O)O)[N+](C)(C)C. The number of phosphoric ester groups is 1. The highest BCUT2D eigenvalue weighted by Gasteiger charge is 2.32. The average Bonchev–Trinajstić information content (AvgIpc) is 2.89. The third kappa shape index (κ3) is 22.6. The standard InChI is InChI=1S/C32H66NO6P/c1-5-6-7-8-9-12-18-23-37-24-19-13-10-11-14-20-25-38-28-31(26-30-21-16-15-17-22-30)27-32(33(2,3)4)29-39-40(34,35)36/h30-32H,5-29H2,1-4H3,(H-,34,35,36)/p+1. The predicted molar refractivity (Wildman–Crippen MR) is 166 cm³/mol. The van der Waals surface area contributed by atoms with Crippen molar-refractivity contribution in [1.82, 2.24) is 0 Å². The van der Waals surface area contributed by atoms with Crippen LogP contribution in [-0.4, -0.2) is 74.5 Å². The minimum absolute atomic E-state index is 0.0179. The van der Waals surface area contributed by atoms with Crippen LogP contribution in [0.2, 0.25) is 0 Å². The van der Waals surface area contributed by atoms with Gasteiger partial charge in [-0.15, -0.1) is 0 Å². The van der Waals surface area contributed by atoms with Gasteiger partial charge in [-0.05, 0) is 37.5 Å². The lowest BCUT2D eigenvalue weighted by molar-refractivity contribution is -0.897. The molecule has 0 spiro atoms. The first kappa shape index (κ1) is 38.0. The number of quaternary nitrogens is 1. The van der Waals surface area contributed by atoms with Crippen LogP contribution in [0.4, 0.5) is 0 Å². The second-order valence-electron chi connectivity index (χ2n) is 13.3. The summed E-state index contributed by atoms with van der Waals surface area (Å²) in [6.07, 6.45) is 25.2. The normalized spacial score (nSPS) is 16.9. The molecule has 0 bridgehead atoms. The average molecular weight is 593 g/mol. The molecule has 0 heterocycles. The molecule has 240 valence electrons. The van der Waals surface area contributed by atoms with Crippen LogP contribution in [0.3, 0.4) is 0 Å². The van der Waals surface area contributed by atoms with E-state index >= 15 is 0 Å². The summed E-state index contributed by atoms with van der Waals surface area (Å²) in [6, 6.07) is 0.0179. The number of unbranched alkanes of at least 4 members (excludes halogenated alkanes) is 11. The first-order chi connectivity index (χ1) is 19.1. The molecule has 2 unspecified atom stereocenters. The van der Waals surface area contributed by atoms with Gasteiger partial charge in [-0.25, -0.2) is 4.57 Å². The Morgan fingerprint density at radius 1 is 0.725 bits per heavy atom. The minimum atomic E-state index is -4.47. The molecule has 2 N–H and O–H groups in total. The first-order valence-corrected chi connectivity index (χ1v) is 18.3. The van der Waals surface area contributed by atoms with Gasteiger partial charge in [0.1, 0.15) is 12.6 Å². The highest BCUT2D eigenvalue weighted by atomic mass is 31.2. The van der Waals surface area contributed by atoms with Crippen LogP contribution in [0.5, 0.6) is 0 Å². The number of hydrogen-bond acceptors (Lipinski definition) is 4. The highest BCUT2D eigenvalue weighted by molar-refractivity contribution is 7.46. The van der Waals surface area contributed by atoms with Crippen molar-refractivity contribution in [1.29, 1.82) is 0 Å². The van der Waals surface area contributed by atoms with Crippen molar-refractivity contribution < 1.29 is 32.8 Å². The second kappa shape index (κ2) is 23.4. The maximum Gasteiger partial charge on any atom is 0.469 e.